The molecule has 1 saturated heterocycles. The highest BCUT2D eigenvalue weighted by Gasteiger charge is 2.35. The van der Waals surface area contributed by atoms with Gasteiger partial charge in [-0.1, -0.05) is 54.1 Å². The summed E-state index contributed by atoms with van der Waals surface area (Å²) in [6.45, 7) is 2.65. The lowest BCUT2D eigenvalue weighted by atomic mass is 10.1. The van der Waals surface area contributed by atoms with Crippen molar-refractivity contribution >= 4 is 56.5 Å². The number of hydrogen-bond donors (Lipinski definition) is 0. The lowest BCUT2D eigenvalue weighted by Crippen LogP contribution is -2.27. The maximum atomic E-state index is 12.8. The van der Waals surface area contributed by atoms with E-state index in [2.05, 4.69) is 15.9 Å². The molecule has 1 heterocycles. The van der Waals surface area contributed by atoms with Gasteiger partial charge in [-0.2, -0.15) is 0 Å². The van der Waals surface area contributed by atoms with E-state index in [1.165, 1.54) is 4.90 Å². The first-order valence-electron chi connectivity index (χ1n) is 9.87. The normalized spacial score (nSPS) is 15.0. The smallest absolute Gasteiger partial charge is 0.293 e. The molecule has 4 rings (SSSR count). The van der Waals surface area contributed by atoms with Crippen molar-refractivity contribution < 1.29 is 14.3 Å². The second kappa shape index (κ2) is 9.94. The zero-order valence-electron chi connectivity index (χ0n) is 17.2. The number of imide groups is 1. The minimum absolute atomic E-state index is 0.258. The Labute approximate surface area is 204 Å². The number of aryl methyl sites for hydroxylation is 1. The van der Waals surface area contributed by atoms with Crippen molar-refractivity contribution in [2.24, 2.45) is 0 Å². The molecule has 1 aliphatic rings. The molecule has 32 heavy (non-hydrogen) atoms. The summed E-state index contributed by atoms with van der Waals surface area (Å²) in [4.78, 5) is 27.0. The van der Waals surface area contributed by atoms with Gasteiger partial charge < -0.3 is 4.74 Å². The average molecular weight is 529 g/mol. The molecule has 0 radical (unpaired) electrons. The maximum Gasteiger partial charge on any atom is 0.293 e. The number of benzene rings is 3. The summed E-state index contributed by atoms with van der Waals surface area (Å²) in [6, 6.07) is 20.8. The summed E-state index contributed by atoms with van der Waals surface area (Å²) in [5, 5.41) is 0.425. The minimum Gasteiger partial charge on any atom is -0.488 e. The van der Waals surface area contributed by atoms with E-state index in [1.54, 1.807) is 6.08 Å². The highest BCUT2D eigenvalue weighted by atomic mass is 79.9. The van der Waals surface area contributed by atoms with Crippen molar-refractivity contribution in [3.8, 4) is 5.75 Å². The molecule has 0 aromatic heterocycles. The number of halogens is 2. The molecular weight excluding hydrogens is 510 g/mol. The van der Waals surface area contributed by atoms with Crippen LogP contribution in [0.3, 0.4) is 0 Å². The van der Waals surface area contributed by atoms with Crippen LogP contribution in [0, 0.1) is 6.92 Å². The molecule has 162 valence electrons. The van der Waals surface area contributed by atoms with Crippen molar-refractivity contribution in [2.75, 3.05) is 0 Å². The van der Waals surface area contributed by atoms with Gasteiger partial charge in [0.15, 0.2) is 0 Å². The summed E-state index contributed by atoms with van der Waals surface area (Å²) >= 11 is 10.4. The Morgan fingerprint density at radius 1 is 1.06 bits per heavy atom. The van der Waals surface area contributed by atoms with Gasteiger partial charge in [-0.15, -0.1) is 0 Å². The zero-order valence-corrected chi connectivity index (χ0v) is 20.3. The highest BCUT2D eigenvalue weighted by molar-refractivity contribution is 9.10. The van der Waals surface area contributed by atoms with E-state index in [0.29, 0.717) is 22.3 Å². The third-order valence-corrected chi connectivity index (χ3v) is 6.80. The number of carbonyl (C=O) groups is 2. The first-order valence-corrected chi connectivity index (χ1v) is 11.9. The first kappa shape index (κ1) is 22.6. The minimum atomic E-state index is -0.276. The van der Waals surface area contributed by atoms with Gasteiger partial charge in [0, 0.05) is 5.02 Å². The molecule has 0 spiro atoms. The quantitative estimate of drug-likeness (QED) is 0.317. The third kappa shape index (κ3) is 5.26. The van der Waals surface area contributed by atoms with E-state index >= 15 is 0 Å². The van der Waals surface area contributed by atoms with Crippen molar-refractivity contribution in [3.05, 3.63) is 103 Å². The summed E-state index contributed by atoms with van der Waals surface area (Å²) in [5.74, 6) is 0.409. The van der Waals surface area contributed by atoms with Crippen LogP contribution in [0.25, 0.3) is 6.08 Å². The first-order chi connectivity index (χ1) is 15.4. The van der Waals surface area contributed by atoms with Gasteiger partial charge in [0.2, 0.25) is 0 Å². The number of rotatable bonds is 6. The second-order valence-electron chi connectivity index (χ2n) is 7.30. The number of ether oxygens (including phenoxy) is 1. The third-order valence-electron chi connectivity index (χ3n) is 5.02. The van der Waals surface area contributed by atoms with Gasteiger partial charge in [0.05, 0.1) is 15.9 Å². The molecule has 0 atom stereocenters. The fraction of sp³-hybridized carbons (Fsp3) is 0.120. The summed E-state index contributed by atoms with van der Waals surface area (Å²) in [7, 11) is 0. The fourth-order valence-corrected chi connectivity index (χ4v) is 4.69. The summed E-state index contributed by atoms with van der Waals surface area (Å²) in [6.07, 6.45) is 1.73. The van der Waals surface area contributed by atoms with Crippen LogP contribution in [-0.2, 0) is 17.9 Å². The summed E-state index contributed by atoms with van der Waals surface area (Å²) < 4.78 is 6.64. The Bertz CT molecular complexity index is 1210. The molecule has 0 bridgehead atoms. The molecule has 3 aromatic rings. The van der Waals surface area contributed by atoms with Gasteiger partial charge in [0.25, 0.3) is 11.1 Å². The predicted molar refractivity (Wildman–Crippen MR) is 133 cm³/mol. The van der Waals surface area contributed by atoms with Crippen LogP contribution in [0.5, 0.6) is 5.75 Å². The molecule has 1 fully saturated rings. The molecule has 0 N–H and O–H groups in total. The lowest BCUT2D eigenvalue weighted by molar-refractivity contribution is -0.123. The van der Waals surface area contributed by atoms with E-state index in [4.69, 9.17) is 16.3 Å². The Morgan fingerprint density at radius 2 is 1.81 bits per heavy atom. The monoisotopic (exact) mass is 527 g/mol. The molecule has 0 aliphatic carbocycles. The summed E-state index contributed by atoms with van der Waals surface area (Å²) in [5.41, 5.74) is 3.82. The van der Waals surface area contributed by atoms with Crippen LogP contribution >= 0.6 is 39.3 Å². The predicted octanol–water partition coefficient (Wildman–Crippen LogP) is 7.23. The Kier molecular flexibility index (Phi) is 7.04. The number of hydrogen-bond acceptors (Lipinski definition) is 4. The van der Waals surface area contributed by atoms with E-state index in [9.17, 15) is 9.59 Å². The molecule has 1 aliphatic heterocycles. The molecule has 2 amide bonds. The molecule has 3 aromatic carbocycles. The Hall–Kier alpha value is -2.54. The standard InChI is InChI=1S/C25H19BrClNO3S/c1-16-4-2-3-5-19(16)14-28-24(29)23(32-25(28)30)13-18-8-11-22(21(26)12-18)31-15-17-6-9-20(27)10-7-17/h2-13H,14-15H2,1H3/b23-13-. The Morgan fingerprint density at radius 3 is 2.53 bits per heavy atom. The van der Waals surface area contributed by atoms with Crippen LogP contribution in [0.4, 0.5) is 4.79 Å². The highest BCUT2D eigenvalue weighted by Crippen LogP contribution is 2.35. The number of thioether (sulfide) groups is 1. The largest absolute Gasteiger partial charge is 0.488 e. The van der Waals surface area contributed by atoms with E-state index < -0.39 is 0 Å². The van der Waals surface area contributed by atoms with Gasteiger partial charge in [-0.05, 0) is 87.2 Å². The molecular formula is C25H19BrClNO3S. The molecule has 4 nitrogen and oxygen atoms in total. The Balaban J connectivity index is 1.45. The van der Waals surface area contributed by atoms with Crippen molar-refractivity contribution in [3.63, 3.8) is 0 Å². The van der Waals surface area contributed by atoms with Gasteiger partial charge in [-0.25, -0.2) is 0 Å². The fourth-order valence-electron chi connectivity index (χ4n) is 3.21. The van der Waals surface area contributed by atoms with Crippen LogP contribution in [0.1, 0.15) is 22.3 Å². The SMILES string of the molecule is Cc1ccccc1CN1C(=O)S/C(=C\c2ccc(OCc3ccc(Cl)cc3)c(Br)c2)C1=O. The van der Waals surface area contributed by atoms with Gasteiger partial charge >= 0.3 is 0 Å². The van der Waals surface area contributed by atoms with Gasteiger partial charge in [0.1, 0.15) is 12.4 Å². The van der Waals surface area contributed by atoms with Crippen molar-refractivity contribution in [1.29, 1.82) is 0 Å². The van der Waals surface area contributed by atoms with Crippen LogP contribution < -0.4 is 4.74 Å². The van der Waals surface area contributed by atoms with Crippen molar-refractivity contribution in [1.82, 2.24) is 4.90 Å². The lowest BCUT2D eigenvalue weighted by Gasteiger charge is -2.14. The van der Waals surface area contributed by atoms with Crippen LogP contribution in [-0.4, -0.2) is 16.0 Å². The number of nitrogens with zero attached hydrogens (tertiary/aromatic N) is 1. The number of carbonyl (C=O) groups excluding carboxylic acids is 2. The molecule has 0 saturated carbocycles. The molecule has 7 heteroatoms. The van der Waals surface area contributed by atoms with Crippen LogP contribution in [0.2, 0.25) is 5.02 Å². The van der Waals surface area contributed by atoms with Crippen molar-refractivity contribution in [2.45, 2.75) is 20.1 Å². The average Bonchev–Trinajstić information content (AvgIpc) is 3.03. The maximum absolute atomic E-state index is 12.8. The van der Waals surface area contributed by atoms with Crippen LogP contribution in [0.15, 0.2) is 76.1 Å². The van der Waals surface area contributed by atoms with E-state index in [-0.39, 0.29) is 17.7 Å². The van der Waals surface area contributed by atoms with Gasteiger partial charge in [-0.3, -0.25) is 14.5 Å². The molecule has 0 unspecified atom stereocenters. The zero-order chi connectivity index (χ0) is 22.7. The number of amides is 2. The van der Waals surface area contributed by atoms with E-state index in [0.717, 1.165) is 38.5 Å². The second-order valence-corrected chi connectivity index (χ2v) is 9.58. The van der Waals surface area contributed by atoms with E-state index in [1.807, 2.05) is 73.7 Å². The topological polar surface area (TPSA) is 46.6 Å².